The Kier molecular flexibility index (Phi) is 4.51. The summed E-state index contributed by atoms with van der Waals surface area (Å²) in [5.74, 6) is -0.263. The highest BCUT2D eigenvalue weighted by Crippen LogP contribution is 2.40. The molecule has 3 amide bonds. The van der Waals surface area contributed by atoms with Crippen LogP contribution in [0.25, 0.3) is 0 Å². The minimum absolute atomic E-state index is 0.212. The van der Waals surface area contributed by atoms with E-state index in [1.54, 1.807) is 0 Å². The van der Waals surface area contributed by atoms with Gasteiger partial charge >= 0.3 is 0 Å². The van der Waals surface area contributed by atoms with Crippen molar-refractivity contribution in [1.29, 1.82) is 0 Å². The highest BCUT2D eigenvalue weighted by atomic mass is 32.1. The third-order valence-electron chi connectivity index (χ3n) is 5.08. The molecule has 1 aromatic rings. The lowest BCUT2D eigenvalue weighted by Gasteiger charge is -2.33. The smallest absolute Gasteiger partial charge is 0.262 e. The Hall–Kier alpha value is -1.69. The zero-order valence-corrected chi connectivity index (χ0v) is 15.2. The zero-order chi connectivity index (χ0) is 17.5. The lowest BCUT2D eigenvalue weighted by Crippen LogP contribution is -2.52. The molecule has 24 heavy (non-hydrogen) atoms. The SMILES string of the molecule is CC(C)(C)C1CCc2sc(C(=O)NC3CCC(=O)NC3=O)cc2C1. The van der Waals surface area contributed by atoms with E-state index in [0.29, 0.717) is 17.2 Å². The van der Waals surface area contributed by atoms with Crippen molar-refractivity contribution in [3.63, 3.8) is 0 Å². The van der Waals surface area contributed by atoms with E-state index in [4.69, 9.17) is 0 Å². The third kappa shape index (κ3) is 3.53. The monoisotopic (exact) mass is 348 g/mol. The molecule has 1 aliphatic carbocycles. The number of aryl methyl sites for hydroxylation is 1. The fraction of sp³-hybridized carbons (Fsp3) is 0.611. The van der Waals surface area contributed by atoms with E-state index in [-0.39, 0.29) is 23.7 Å². The molecule has 2 atom stereocenters. The molecule has 1 aliphatic heterocycles. The number of rotatable bonds is 2. The van der Waals surface area contributed by atoms with Crippen LogP contribution in [0.5, 0.6) is 0 Å². The average Bonchev–Trinajstić information content (AvgIpc) is 2.92. The Morgan fingerprint density at radius 2 is 2.00 bits per heavy atom. The molecule has 2 N–H and O–H groups in total. The summed E-state index contributed by atoms with van der Waals surface area (Å²) >= 11 is 1.54. The second kappa shape index (κ2) is 6.31. The largest absolute Gasteiger partial charge is 0.340 e. The van der Waals surface area contributed by atoms with Crippen LogP contribution in [0.3, 0.4) is 0 Å². The average molecular weight is 348 g/mol. The molecule has 0 bridgehead atoms. The third-order valence-corrected chi connectivity index (χ3v) is 6.31. The molecular formula is C18H24N2O3S. The summed E-state index contributed by atoms with van der Waals surface area (Å²) in [5, 5.41) is 5.03. The van der Waals surface area contributed by atoms with E-state index in [0.717, 1.165) is 19.3 Å². The number of thiophene rings is 1. The summed E-state index contributed by atoms with van der Waals surface area (Å²) in [6.45, 7) is 6.81. The molecule has 0 radical (unpaired) electrons. The fourth-order valence-electron chi connectivity index (χ4n) is 3.44. The maximum atomic E-state index is 12.5. The van der Waals surface area contributed by atoms with Crippen LogP contribution in [0.1, 0.15) is 60.1 Å². The number of fused-ring (bicyclic) bond motifs is 1. The van der Waals surface area contributed by atoms with Gasteiger partial charge in [0.05, 0.1) is 4.88 Å². The lowest BCUT2D eigenvalue weighted by atomic mass is 9.72. The van der Waals surface area contributed by atoms with Gasteiger partial charge < -0.3 is 5.32 Å². The van der Waals surface area contributed by atoms with E-state index in [1.807, 2.05) is 6.07 Å². The molecular weight excluding hydrogens is 324 g/mol. The predicted octanol–water partition coefficient (Wildman–Crippen LogP) is 2.43. The molecule has 130 valence electrons. The number of piperidine rings is 1. The van der Waals surface area contributed by atoms with Crippen molar-refractivity contribution in [2.45, 2.75) is 58.9 Å². The van der Waals surface area contributed by atoms with Crippen LogP contribution in [0, 0.1) is 11.3 Å². The molecule has 2 unspecified atom stereocenters. The van der Waals surface area contributed by atoms with Crippen LogP contribution >= 0.6 is 11.3 Å². The van der Waals surface area contributed by atoms with E-state index < -0.39 is 11.9 Å². The van der Waals surface area contributed by atoms with Crippen LogP contribution in [0.2, 0.25) is 0 Å². The quantitative estimate of drug-likeness (QED) is 0.806. The number of nitrogens with one attached hydrogen (secondary N) is 2. The first-order valence-electron chi connectivity index (χ1n) is 8.50. The number of amides is 3. The Bertz CT molecular complexity index is 687. The lowest BCUT2D eigenvalue weighted by molar-refractivity contribution is -0.134. The van der Waals surface area contributed by atoms with Crippen molar-refractivity contribution >= 4 is 29.1 Å². The Balaban J connectivity index is 1.68. The Morgan fingerprint density at radius 1 is 1.25 bits per heavy atom. The van der Waals surface area contributed by atoms with Crippen molar-refractivity contribution in [2.75, 3.05) is 0 Å². The molecule has 1 aromatic heterocycles. The summed E-state index contributed by atoms with van der Waals surface area (Å²) in [7, 11) is 0. The molecule has 2 aliphatic rings. The van der Waals surface area contributed by atoms with Crippen molar-refractivity contribution in [3.8, 4) is 0 Å². The number of hydrogen-bond donors (Lipinski definition) is 2. The van der Waals surface area contributed by atoms with Crippen LogP contribution in [-0.4, -0.2) is 23.8 Å². The topological polar surface area (TPSA) is 75.3 Å². The normalized spacial score (nSPS) is 24.3. The van der Waals surface area contributed by atoms with Crippen molar-refractivity contribution in [1.82, 2.24) is 10.6 Å². The van der Waals surface area contributed by atoms with Crippen molar-refractivity contribution in [3.05, 3.63) is 21.4 Å². The molecule has 0 saturated carbocycles. The van der Waals surface area contributed by atoms with Crippen LogP contribution in [-0.2, 0) is 22.4 Å². The fourth-order valence-corrected chi connectivity index (χ4v) is 4.55. The van der Waals surface area contributed by atoms with Gasteiger partial charge in [0.1, 0.15) is 6.04 Å². The summed E-state index contributed by atoms with van der Waals surface area (Å²) in [5.41, 5.74) is 1.55. The van der Waals surface area contributed by atoms with Gasteiger partial charge in [0.2, 0.25) is 11.8 Å². The highest BCUT2D eigenvalue weighted by molar-refractivity contribution is 7.14. The predicted molar refractivity (Wildman–Crippen MR) is 92.9 cm³/mol. The highest BCUT2D eigenvalue weighted by Gasteiger charge is 2.32. The minimum atomic E-state index is -0.614. The summed E-state index contributed by atoms with van der Waals surface area (Å²) < 4.78 is 0. The van der Waals surface area contributed by atoms with Gasteiger partial charge in [0.25, 0.3) is 5.91 Å². The summed E-state index contributed by atoms with van der Waals surface area (Å²) in [6.07, 6.45) is 3.83. The molecule has 1 fully saturated rings. The summed E-state index contributed by atoms with van der Waals surface area (Å²) in [4.78, 5) is 37.4. The second-order valence-electron chi connectivity index (χ2n) is 7.84. The Morgan fingerprint density at radius 3 is 2.67 bits per heavy atom. The second-order valence-corrected chi connectivity index (χ2v) is 8.98. The molecule has 1 saturated heterocycles. The van der Waals surface area contributed by atoms with Gasteiger partial charge in [-0.25, -0.2) is 0 Å². The van der Waals surface area contributed by atoms with Gasteiger partial charge in [-0.2, -0.15) is 0 Å². The van der Waals surface area contributed by atoms with Gasteiger partial charge in [0.15, 0.2) is 0 Å². The van der Waals surface area contributed by atoms with E-state index in [9.17, 15) is 14.4 Å². The van der Waals surface area contributed by atoms with Crippen LogP contribution < -0.4 is 10.6 Å². The van der Waals surface area contributed by atoms with Crippen molar-refractivity contribution in [2.24, 2.45) is 11.3 Å². The van der Waals surface area contributed by atoms with Gasteiger partial charge in [0, 0.05) is 11.3 Å². The molecule has 6 heteroatoms. The number of carbonyl (C=O) groups is 3. The standard InChI is InChI=1S/C18H24N2O3S/c1-18(2,3)11-4-6-13-10(8-11)9-14(24-13)17(23)19-12-5-7-15(21)20-16(12)22/h9,11-12H,4-8H2,1-3H3,(H,19,23)(H,20,21,22). The van der Waals surface area contributed by atoms with Crippen molar-refractivity contribution < 1.29 is 14.4 Å². The maximum Gasteiger partial charge on any atom is 0.262 e. The first-order chi connectivity index (χ1) is 11.2. The molecule has 3 rings (SSSR count). The maximum absolute atomic E-state index is 12.5. The van der Waals surface area contributed by atoms with E-state index in [2.05, 4.69) is 31.4 Å². The zero-order valence-electron chi connectivity index (χ0n) is 14.4. The molecule has 5 nitrogen and oxygen atoms in total. The first-order valence-corrected chi connectivity index (χ1v) is 9.32. The van der Waals surface area contributed by atoms with Gasteiger partial charge in [-0.15, -0.1) is 11.3 Å². The molecule has 0 aromatic carbocycles. The molecule has 0 spiro atoms. The van der Waals surface area contributed by atoms with E-state index >= 15 is 0 Å². The first kappa shape index (κ1) is 17.1. The molecule has 2 heterocycles. The summed E-state index contributed by atoms with van der Waals surface area (Å²) in [6, 6.07) is 1.37. The number of hydrogen-bond acceptors (Lipinski definition) is 4. The van der Waals surface area contributed by atoms with Crippen LogP contribution in [0.15, 0.2) is 6.07 Å². The number of imide groups is 1. The minimum Gasteiger partial charge on any atom is -0.340 e. The van der Waals surface area contributed by atoms with Gasteiger partial charge in [-0.05, 0) is 48.6 Å². The van der Waals surface area contributed by atoms with Gasteiger partial charge in [-0.1, -0.05) is 20.8 Å². The van der Waals surface area contributed by atoms with Gasteiger partial charge in [-0.3, -0.25) is 19.7 Å². The van der Waals surface area contributed by atoms with E-state index in [1.165, 1.54) is 21.8 Å². The van der Waals surface area contributed by atoms with Crippen LogP contribution in [0.4, 0.5) is 0 Å². The number of carbonyl (C=O) groups excluding carboxylic acids is 3. The Labute approximate surface area is 146 Å².